The number of aliphatic imine (C=N–C) groups is 1. The molecule has 0 unspecified atom stereocenters. The van der Waals surface area contributed by atoms with Crippen LogP contribution in [0.3, 0.4) is 0 Å². The van der Waals surface area contributed by atoms with Crippen molar-refractivity contribution < 1.29 is 8.42 Å². The topological polar surface area (TPSA) is 87.5 Å². The number of nitrogens with one attached hydrogen (secondary N) is 3. The number of nitrogens with zero attached hydrogens (tertiary/aromatic N) is 2. The van der Waals surface area contributed by atoms with Crippen LogP contribution in [0.15, 0.2) is 11.1 Å². The van der Waals surface area contributed by atoms with Crippen molar-refractivity contribution in [2.75, 3.05) is 25.9 Å². The Balaban J connectivity index is 0.00000529. The number of guanidine groups is 1. The van der Waals surface area contributed by atoms with Crippen molar-refractivity contribution in [2.24, 2.45) is 12.0 Å². The normalized spacial score (nSPS) is 12.0. The monoisotopic (exact) mass is 511 g/mol. The molecular formula is C13H24Cl2IN5O2S. The van der Waals surface area contributed by atoms with Gasteiger partial charge >= 0.3 is 0 Å². The van der Waals surface area contributed by atoms with Gasteiger partial charge in [-0.25, -0.2) is 13.1 Å². The Morgan fingerprint density at radius 2 is 1.96 bits per heavy atom. The highest BCUT2D eigenvalue weighted by Gasteiger charge is 2.09. The fourth-order valence-corrected chi connectivity index (χ4v) is 2.85. The van der Waals surface area contributed by atoms with E-state index in [2.05, 4.69) is 20.3 Å². The predicted molar refractivity (Wildman–Crippen MR) is 111 cm³/mol. The Hall–Kier alpha value is -0.230. The first kappa shape index (κ1) is 23.8. The van der Waals surface area contributed by atoms with E-state index in [1.165, 1.54) is 0 Å². The summed E-state index contributed by atoms with van der Waals surface area (Å²) in [6.07, 6.45) is 0.655. The minimum absolute atomic E-state index is 0. The van der Waals surface area contributed by atoms with Crippen molar-refractivity contribution in [3.63, 3.8) is 0 Å². The Labute approximate surface area is 170 Å². The molecule has 0 radical (unpaired) electrons. The SMILES string of the molecule is CCS(=O)(=O)NCCCNC(=NC)NCc1cc(Cl)c(Cl)n1C.I. The Kier molecular flexibility index (Phi) is 11.3. The third-order valence-electron chi connectivity index (χ3n) is 3.22. The molecule has 3 N–H and O–H groups in total. The lowest BCUT2D eigenvalue weighted by molar-refractivity contribution is 0.579. The second-order valence-electron chi connectivity index (χ2n) is 4.84. The van der Waals surface area contributed by atoms with Gasteiger partial charge in [-0.15, -0.1) is 24.0 Å². The summed E-state index contributed by atoms with van der Waals surface area (Å²) < 4.78 is 26.9. The maximum Gasteiger partial charge on any atom is 0.211 e. The summed E-state index contributed by atoms with van der Waals surface area (Å²) in [6, 6.07) is 1.80. The standard InChI is InChI=1S/C13H23Cl2N5O2S.HI/c1-4-23(21,22)19-7-5-6-17-13(16-2)18-9-10-8-11(14)12(15)20(10)3;/h8,19H,4-7,9H2,1-3H3,(H2,16,17,18);1H. The highest BCUT2D eigenvalue weighted by atomic mass is 127. The predicted octanol–water partition coefficient (Wildman–Crippen LogP) is 1.94. The minimum Gasteiger partial charge on any atom is -0.356 e. The molecule has 0 saturated carbocycles. The van der Waals surface area contributed by atoms with Crippen LogP contribution in [0.5, 0.6) is 0 Å². The molecule has 11 heteroatoms. The van der Waals surface area contributed by atoms with Crippen molar-refractivity contribution in [1.29, 1.82) is 0 Å². The summed E-state index contributed by atoms with van der Waals surface area (Å²) in [5, 5.41) is 7.27. The molecule has 0 aliphatic carbocycles. The lowest BCUT2D eigenvalue weighted by atomic mass is 10.4. The Morgan fingerprint density at radius 3 is 2.46 bits per heavy atom. The van der Waals surface area contributed by atoms with Gasteiger partial charge in [0.25, 0.3) is 0 Å². The van der Waals surface area contributed by atoms with Gasteiger partial charge in [-0.05, 0) is 19.4 Å². The summed E-state index contributed by atoms with van der Waals surface area (Å²) in [4.78, 5) is 4.11. The summed E-state index contributed by atoms with van der Waals surface area (Å²) in [5.41, 5.74) is 0.929. The number of hydrogen-bond donors (Lipinski definition) is 3. The summed E-state index contributed by atoms with van der Waals surface area (Å²) >= 11 is 12.0. The zero-order chi connectivity index (χ0) is 17.5. The second-order valence-corrected chi connectivity index (χ2v) is 7.70. The van der Waals surface area contributed by atoms with Gasteiger partial charge in [-0.2, -0.15) is 0 Å². The molecule has 24 heavy (non-hydrogen) atoms. The highest BCUT2D eigenvalue weighted by Crippen LogP contribution is 2.24. The van der Waals surface area contributed by atoms with Gasteiger partial charge in [0, 0.05) is 32.9 Å². The van der Waals surface area contributed by atoms with E-state index >= 15 is 0 Å². The molecule has 1 aromatic rings. The van der Waals surface area contributed by atoms with Crippen molar-refractivity contribution in [3.05, 3.63) is 21.9 Å². The van der Waals surface area contributed by atoms with Crippen LogP contribution >= 0.6 is 47.2 Å². The van der Waals surface area contributed by atoms with Crippen molar-refractivity contribution in [2.45, 2.75) is 19.9 Å². The summed E-state index contributed by atoms with van der Waals surface area (Å²) in [6.45, 7) is 3.11. The van der Waals surface area contributed by atoms with Crippen molar-refractivity contribution in [1.82, 2.24) is 19.9 Å². The molecule has 0 spiro atoms. The van der Waals surface area contributed by atoms with Crippen molar-refractivity contribution in [3.8, 4) is 0 Å². The molecule has 0 fully saturated rings. The maximum absolute atomic E-state index is 11.3. The van der Waals surface area contributed by atoms with E-state index < -0.39 is 10.0 Å². The Bertz CT molecular complexity index is 649. The zero-order valence-electron chi connectivity index (χ0n) is 13.9. The number of hydrogen-bond acceptors (Lipinski definition) is 3. The molecule has 1 heterocycles. The van der Waals surface area contributed by atoms with E-state index in [1.54, 1.807) is 24.6 Å². The number of aromatic nitrogens is 1. The minimum atomic E-state index is -3.13. The molecule has 0 aliphatic rings. The molecule has 0 aliphatic heterocycles. The molecule has 140 valence electrons. The fourth-order valence-electron chi connectivity index (χ4n) is 1.78. The van der Waals surface area contributed by atoms with E-state index in [9.17, 15) is 8.42 Å². The van der Waals surface area contributed by atoms with Crippen LogP contribution in [0, 0.1) is 0 Å². The first-order valence-corrected chi connectivity index (χ1v) is 9.63. The molecule has 0 atom stereocenters. The van der Waals surface area contributed by atoms with E-state index in [4.69, 9.17) is 23.2 Å². The first-order chi connectivity index (χ1) is 10.8. The first-order valence-electron chi connectivity index (χ1n) is 7.22. The molecule has 7 nitrogen and oxygen atoms in total. The molecule has 1 aromatic heterocycles. The number of rotatable bonds is 8. The average molecular weight is 512 g/mol. The number of sulfonamides is 1. The van der Waals surface area contributed by atoms with E-state index in [0.29, 0.717) is 42.2 Å². The van der Waals surface area contributed by atoms with Gasteiger partial charge in [0.05, 0.1) is 17.3 Å². The molecule has 1 rings (SSSR count). The third kappa shape index (κ3) is 7.77. The quantitative estimate of drug-likeness (QED) is 0.215. The highest BCUT2D eigenvalue weighted by molar-refractivity contribution is 14.0. The van der Waals surface area contributed by atoms with E-state index in [-0.39, 0.29) is 29.7 Å². The molecular weight excluding hydrogens is 488 g/mol. The summed E-state index contributed by atoms with van der Waals surface area (Å²) in [7, 11) is 0.371. The van der Waals surface area contributed by atoms with Crippen LogP contribution in [0.25, 0.3) is 0 Å². The molecule has 0 aromatic carbocycles. The van der Waals surface area contributed by atoms with E-state index in [1.807, 2.05) is 7.05 Å². The molecule has 0 bridgehead atoms. The van der Waals surface area contributed by atoms with Crippen molar-refractivity contribution >= 4 is 63.2 Å². The van der Waals surface area contributed by atoms with Gasteiger partial charge in [0.2, 0.25) is 10.0 Å². The van der Waals surface area contributed by atoms with Crippen LogP contribution < -0.4 is 15.4 Å². The maximum atomic E-state index is 11.3. The number of halogens is 3. The molecule has 0 amide bonds. The fraction of sp³-hybridized carbons (Fsp3) is 0.615. The van der Waals surface area contributed by atoms with Gasteiger partial charge in [-0.3, -0.25) is 4.99 Å². The Morgan fingerprint density at radius 1 is 1.29 bits per heavy atom. The second kappa shape index (κ2) is 11.4. The van der Waals surface area contributed by atoms with Crippen LogP contribution in [0.2, 0.25) is 10.2 Å². The van der Waals surface area contributed by atoms with Gasteiger partial charge < -0.3 is 15.2 Å². The van der Waals surface area contributed by atoms with Crippen LogP contribution in [-0.2, 0) is 23.6 Å². The van der Waals surface area contributed by atoms with Crippen LogP contribution in [-0.4, -0.2) is 44.8 Å². The van der Waals surface area contributed by atoms with Gasteiger partial charge in [0.15, 0.2) is 5.96 Å². The summed E-state index contributed by atoms with van der Waals surface area (Å²) in [5.74, 6) is 0.711. The van der Waals surface area contributed by atoms with Gasteiger partial charge in [-0.1, -0.05) is 23.2 Å². The lowest BCUT2D eigenvalue weighted by Crippen LogP contribution is -2.38. The zero-order valence-corrected chi connectivity index (χ0v) is 18.6. The lowest BCUT2D eigenvalue weighted by Gasteiger charge is -2.12. The van der Waals surface area contributed by atoms with Crippen LogP contribution in [0.1, 0.15) is 19.0 Å². The molecule has 0 saturated heterocycles. The van der Waals surface area contributed by atoms with E-state index in [0.717, 1.165) is 5.69 Å². The smallest absolute Gasteiger partial charge is 0.211 e. The van der Waals surface area contributed by atoms with Gasteiger partial charge in [0.1, 0.15) is 5.15 Å². The third-order valence-corrected chi connectivity index (χ3v) is 5.47. The largest absolute Gasteiger partial charge is 0.356 e. The van der Waals surface area contributed by atoms with Crippen LogP contribution in [0.4, 0.5) is 0 Å². The average Bonchev–Trinajstić information content (AvgIpc) is 2.77.